The van der Waals surface area contributed by atoms with Gasteiger partial charge in [-0.15, -0.1) is 0 Å². The summed E-state index contributed by atoms with van der Waals surface area (Å²) in [7, 11) is 0. The summed E-state index contributed by atoms with van der Waals surface area (Å²) >= 11 is 0. The van der Waals surface area contributed by atoms with Crippen molar-refractivity contribution < 1.29 is 22.7 Å². The van der Waals surface area contributed by atoms with Crippen LogP contribution in [-0.2, 0) is 6.54 Å². The Morgan fingerprint density at radius 3 is 2.89 bits per heavy atom. The largest absolute Gasteiger partial charge is 0.435 e. The highest BCUT2D eigenvalue weighted by Crippen LogP contribution is 2.22. The third kappa shape index (κ3) is 4.85. The van der Waals surface area contributed by atoms with Crippen molar-refractivity contribution in [3.05, 3.63) is 54.1 Å². The fourth-order valence-corrected chi connectivity index (χ4v) is 3.21. The number of urea groups is 1. The zero-order valence-corrected chi connectivity index (χ0v) is 15.3. The van der Waals surface area contributed by atoms with Crippen molar-refractivity contribution in [3.8, 4) is 5.75 Å². The number of carbonyl (C=O) groups is 1. The van der Waals surface area contributed by atoms with E-state index in [1.54, 1.807) is 23.1 Å². The molecule has 9 heteroatoms. The molecule has 1 fully saturated rings. The van der Waals surface area contributed by atoms with E-state index in [0.717, 1.165) is 0 Å². The molecule has 6 nitrogen and oxygen atoms in total. The second-order valence-electron chi connectivity index (χ2n) is 6.50. The van der Waals surface area contributed by atoms with Crippen LogP contribution in [0.25, 0.3) is 0 Å². The number of anilines is 1. The number of nitrogens with one attached hydrogen (secondary N) is 1. The van der Waals surface area contributed by atoms with Crippen molar-refractivity contribution in [1.29, 1.82) is 0 Å². The Morgan fingerprint density at radius 1 is 1.36 bits per heavy atom. The lowest BCUT2D eigenvalue weighted by Gasteiger charge is -2.40. The third-order valence-electron chi connectivity index (χ3n) is 4.55. The summed E-state index contributed by atoms with van der Waals surface area (Å²) in [5.74, 6) is -0.346. The molecule has 1 N–H and O–H groups in total. The fourth-order valence-electron chi connectivity index (χ4n) is 3.21. The van der Waals surface area contributed by atoms with Crippen molar-refractivity contribution in [3.63, 3.8) is 0 Å². The number of rotatable bonds is 5. The molecule has 2 heterocycles. The maximum Gasteiger partial charge on any atom is 0.387 e. The molecule has 28 heavy (non-hydrogen) atoms. The van der Waals surface area contributed by atoms with Gasteiger partial charge in [-0.3, -0.25) is 4.98 Å². The predicted molar refractivity (Wildman–Crippen MR) is 97.9 cm³/mol. The molecule has 0 bridgehead atoms. The Balaban J connectivity index is 1.55. The van der Waals surface area contributed by atoms with E-state index in [1.165, 1.54) is 24.5 Å². The van der Waals surface area contributed by atoms with Crippen LogP contribution in [-0.4, -0.2) is 48.2 Å². The molecule has 1 aromatic carbocycles. The lowest BCUT2D eigenvalue weighted by molar-refractivity contribution is -0.0498. The Hall–Kier alpha value is -2.97. The molecule has 3 rings (SSSR count). The quantitative estimate of drug-likeness (QED) is 0.846. The summed E-state index contributed by atoms with van der Waals surface area (Å²) < 4.78 is 42.9. The van der Waals surface area contributed by atoms with Crippen LogP contribution in [0.3, 0.4) is 0 Å². The first-order chi connectivity index (χ1) is 13.4. The van der Waals surface area contributed by atoms with Crippen LogP contribution in [0.5, 0.6) is 5.75 Å². The van der Waals surface area contributed by atoms with E-state index in [-0.39, 0.29) is 24.4 Å². The Bertz CT molecular complexity index is 821. The van der Waals surface area contributed by atoms with E-state index in [1.807, 2.05) is 11.8 Å². The molecule has 2 amide bonds. The van der Waals surface area contributed by atoms with E-state index in [9.17, 15) is 18.0 Å². The number of halogens is 3. The number of aromatic nitrogens is 1. The van der Waals surface area contributed by atoms with E-state index in [0.29, 0.717) is 30.9 Å². The molecule has 150 valence electrons. The van der Waals surface area contributed by atoms with Crippen molar-refractivity contribution in [2.75, 3.05) is 24.5 Å². The number of carbonyl (C=O) groups excluding carboxylic acids is 1. The van der Waals surface area contributed by atoms with Gasteiger partial charge in [0.15, 0.2) is 5.82 Å². The smallest absolute Gasteiger partial charge is 0.387 e. The molecule has 1 aliphatic rings. The van der Waals surface area contributed by atoms with Crippen molar-refractivity contribution in [2.45, 2.75) is 26.1 Å². The van der Waals surface area contributed by atoms with Crippen LogP contribution in [0.15, 0.2) is 42.7 Å². The van der Waals surface area contributed by atoms with Crippen LogP contribution in [0, 0.1) is 5.82 Å². The molecule has 0 radical (unpaired) electrons. The summed E-state index contributed by atoms with van der Waals surface area (Å²) in [4.78, 5) is 19.8. The molecule has 2 aromatic rings. The molecule has 0 saturated carbocycles. The van der Waals surface area contributed by atoms with Gasteiger partial charge in [0, 0.05) is 38.4 Å². The van der Waals surface area contributed by atoms with Crippen LogP contribution in [0.1, 0.15) is 12.5 Å². The van der Waals surface area contributed by atoms with E-state index < -0.39 is 12.4 Å². The number of alkyl halides is 2. The summed E-state index contributed by atoms with van der Waals surface area (Å²) in [5, 5.41) is 2.79. The SMILES string of the molecule is C[C@@H]1CN(c2ccncc2F)CCN1C(=O)NCc1cccc(OC(F)F)c1. The number of pyridine rings is 1. The number of piperazine rings is 1. The molecule has 0 spiro atoms. The average molecular weight is 394 g/mol. The van der Waals surface area contributed by atoms with E-state index >= 15 is 0 Å². The second kappa shape index (κ2) is 8.81. The van der Waals surface area contributed by atoms with E-state index in [2.05, 4.69) is 15.0 Å². The maximum absolute atomic E-state index is 13.9. The van der Waals surface area contributed by atoms with Crippen LogP contribution in [0.4, 0.5) is 23.7 Å². The summed E-state index contributed by atoms with van der Waals surface area (Å²) in [6.45, 7) is 0.603. The Kier molecular flexibility index (Phi) is 6.23. The monoisotopic (exact) mass is 394 g/mol. The minimum atomic E-state index is -2.90. The van der Waals surface area contributed by atoms with Crippen molar-refractivity contribution >= 4 is 11.7 Å². The zero-order valence-electron chi connectivity index (χ0n) is 15.3. The normalized spacial score (nSPS) is 17.0. The number of hydrogen-bond acceptors (Lipinski definition) is 4. The Labute approximate surface area is 160 Å². The minimum Gasteiger partial charge on any atom is -0.435 e. The highest BCUT2D eigenvalue weighted by Gasteiger charge is 2.28. The maximum atomic E-state index is 13.9. The van der Waals surface area contributed by atoms with Crippen LogP contribution < -0.4 is 15.0 Å². The average Bonchev–Trinajstić information content (AvgIpc) is 2.66. The van der Waals surface area contributed by atoms with Gasteiger partial charge in [-0.25, -0.2) is 9.18 Å². The van der Waals surface area contributed by atoms with Gasteiger partial charge in [-0.2, -0.15) is 8.78 Å². The van der Waals surface area contributed by atoms with Gasteiger partial charge in [0.25, 0.3) is 0 Å². The molecule has 1 aliphatic heterocycles. The molecular formula is C19H21F3N4O2. The molecule has 0 aliphatic carbocycles. The van der Waals surface area contributed by atoms with Gasteiger partial charge in [-0.1, -0.05) is 12.1 Å². The Morgan fingerprint density at radius 2 is 2.18 bits per heavy atom. The number of benzene rings is 1. The van der Waals surface area contributed by atoms with Gasteiger partial charge in [-0.05, 0) is 30.7 Å². The summed E-state index contributed by atoms with van der Waals surface area (Å²) in [6.07, 6.45) is 2.71. The zero-order chi connectivity index (χ0) is 20.1. The third-order valence-corrected chi connectivity index (χ3v) is 4.55. The summed E-state index contributed by atoms with van der Waals surface area (Å²) in [5.41, 5.74) is 1.12. The highest BCUT2D eigenvalue weighted by atomic mass is 19.3. The van der Waals surface area contributed by atoms with Gasteiger partial charge < -0.3 is 19.9 Å². The fraction of sp³-hybridized carbons (Fsp3) is 0.368. The number of amides is 2. The topological polar surface area (TPSA) is 57.7 Å². The summed E-state index contributed by atoms with van der Waals surface area (Å²) in [6, 6.07) is 7.41. The van der Waals surface area contributed by atoms with Crippen molar-refractivity contribution in [1.82, 2.24) is 15.2 Å². The molecule has 0 unspecified atom stereocenters. The number of ether oxygens (including phenoxy) is 1. The second-order valence-corrected chi connectivity index (χ2v) is 6.50. The first kappa shape index (κ1) is 19.8. The van der Waals surface area contributed by atoms with Gasteiger partial charge in [0.05, 0.1) is 11.9 Å². The van der Waals surface area contributed by atoms with Gasteiger partial charge >= 0.3 is 12.6 Å². The van der Waals surface area contributed by atoms with Crippen LogP contribution in [0.2, 0.25) is 0 Å². The molecular weight excluding hydrogens is 373 g/mol. The molecule has 1 saturated heterocycles. The van der Waals surface area contributed by atoms with Crippen LogP contribution >= 0.6 is 0 Å². The van der Waals surface area contributed by atoms with Gasteiger partial charge in [0.1, 0.15) is 5.75 Å². The van der Waals surface area contributed by atoms with E-state index in [4.69, 9.17) is 0 Å². The predicted octanol–water partition coefficient (Wildman–Crippen LogP) is 3.24. The van der Waals surface area contributed by atoms with Gasteiger partial charge in [0.2, 0.25) is 0 Å². The number of hydrogen-bond donors (Lipinski definition) is 1. The molecule has 1 aromatic heterocycles. The highest BCUT2D eigenvalue weighted by molar-refractivity contribution is 5.75. The first-order valence-electron chi connectivity index (χ1n) is 8.86. The number of nitrogens with zero attached hydrogens (tertiary/aromatic N) is 3. The lowest BCUT2D eigenvalue weighted by Crippen LogP contribution is -2.56. The van der Waals surface area contributed by atoms with Crippen molar-refractivity contribution in [2.24, 2.45) is 0 Å². The first-order valence-corrected chi connectivity index (χ1v) is 8.86. The molecule has 1 atom stereocenters. The minimum absolute atomic E-state index is 0.0445. The lowest BCUT2D eigenvalue weighted by atomic mass is 10.1. The standard InChI is InChI=1S/C19H21F3N4O2/c1-13-12-25(17-5-6-23-11-16(17)20)7-8-26(13)19(27)24-10-14-3-2-4-15(9-14)28-18(21)22/h2-6,9,11,13,18H,7-8,10,12H2,1H3,(H,24,27)/t13-/m1/s1.